The van der Waals surface area contributed by atoms with E-state index < -0.39 is 15.6 Å². The van der Waals surface area contributed by atoms with E-state index in [1.54, 1.807) is 18.7 Å². The summed E-state index contributed by atoms with van der Waals surface area (Å²) in [6.45, 7) is 4.81. The number of carbonyl (C=O) groups is 2. The fraction of sp³-hybridized carbons (Fsp3) is 0.529. The Hall–Kier alpha value is -2.13. The Bertz CT molecular complexity index is 835. The van der Waals surface area contributed by atoms with Gasteiger partial charge in [0.25, 0.3) is 5.91 Å². The van der Waals surface area contributed by atoms with Crippen LogP contribution >= 0.6 is 0 Å². The monoisotopic (exact) mass is 381 g/mol. The Balaban J connectivity index is 1.62. The lowest BCUT2D eigenvalue weighted by Gasteiger charge is -2.31. The van der Waals surface area contributed by atoms with E-state index in [0.717, 1.165) is 13.0 Å². The molecule has 0 aromatic heterocycles. The number of hydrogen-bond acceptors (Lipinski definition) is 5. The molecule has 1 aromatic rings. The Morgan fingerprint density at radius 3 is 2.77 bits per heavy atom. The van der Waals surface area contributed by atoms with Crippen molar-refractivity contribution in [3.8, 4) is 5.75 Å². The molecule has 3 rings (SSSR count). The number of likely N-dealkylation sites (tertiary alicyclic amines) is 1. The maximum Gasteiger partial charge on any atom is 0.268 e. The number of amides is 2. The average molecular weight is 381 g/mol. The van der Waals surface area contributed by atoms with Gasteiger partial charge in [0.15, 0.2) is 5.60 Å². The van der Waals surface area contributed by atoms with E-state index in [9.17, 15) is 18.0 Å². The molecule has 0 spiro atoms. The first-order valence-electron chi connectivity index (χ1n) is 8.61. The fourth-order valence-electron chi connectivity index (χ4n) is 2.96. The number of carbonyl (C=O) groups excluding carboxylic acids is 2. The van der Waals surface area contributed by atoms with Crippen LogP contribution in [0.2, 0.25) is 0 Å². The highest BCUT2D eigenvalue weighted by molar-refractivity contribution is 7.89. The largest absolute Gasteiger partial charge is 0.476 e. The van der Waals surface area contributed by atoms with Crippen molar-refractivity contribution >= 4 is 27.5 Å². The molecular weight excluding hydrogens is 358 g/mol. The van der Waals surface area contributed by atoms with Gasteiger partial charge in [-0.05, 0) is 44.9 Å². The molecule has 1 saturated heterocycles. The SMILES string of the molecule is CC1(C)Oc2ccc(S(=O)(=O)NCCCN3CCCC3=O)cc2NC1=O. The predicted molar refractivity (Wildman–Crippen MR) is 95.4 cm³/mol. The van der Waals surface area contributed by atoms with E-state index in [0.29, 0.717) is 30.8 Å². The molecule has 8 nitrogen and oxygen atoms in total. The van der Waals surface area contributed by atoms with Crippen LogP contribution in [0.25, 0.3) is 0 Å². The van der Waals surface area contributed by atoms with Crippen molar-refractivity contribution in [2.24, 2.45) is 0 Å². The number of fused-ring (bicyclic) bond motifs is 1. The number of nitrogens with zero attached hydrogens (tertiary/aromatic N) is 1. The van der Waals surface area contributed by atoms with Gasteiger partial charge >= 0.3 is 0 Å². The molecule has 1 fully saturated rings. The topological polar surface area (TPSA) is 105 Å². The molecule has 26 heavy (non-hydrogen) atoms. The number of benzene rings is 1. The fourth-order valence-corrected chi connectivity index (χ4v) is 4.06. The number of nitrogens with one attached hydrogen (secondary N) is 2. The van der Waals surface area contributed by atoms with E-state index in [2.05, 4.69) is 10.0 Å². The molecule has 0 bridgehead atoms. The standard InChI is InChI=1S/C17H23N3O5S/c1-17(2)16(22)19-13-11-12(6-7-14(13)25-17)26(23,24)18-8-4-10-20-9-3-5-15(20)21/h6-7,11,18H,3-5,8-10H2,1-2H3,(H,19,22). The second-order valence-electron chi connectivity index (χ2n) is 6.96. The van der Waals surface area contributed by atoms with Gasteiger partial charge in [-0.1, -0.05) is 0 Å². The first-order valence-corrected chi connectivity index (χ1v) is 10.1. The second-order valence-corrected chi connectivity index (χ2v) is 8.73. The van der Waals surface area contributed by atoms with Gasteiger partial charge in [0, 0.05) is 26.1 Å². The molecule has 2 aliphatic rings. The van der Waals surface area contributed by atoms with E-state index in [-0.39, 0.29) is 23.3 Å². The van der Waals surface area contributed by atoms with Crippen LogP contribution in [-0.4, -0.2) is 50.4 Å². The highest BCUT2D eigenvalue weighted by Gasteiger charge is 2.35. The van der Waals surface area contributed by atoms with Crippen molar-refractivity contribution in [1.29, 1.82) is 0 Å². The molecule has 9 heteroatoms. The molecule has 142 valence electrons. The summed E-state index contributed by atoms with van der Waals surface area (Å²) in [5.74, 6) is 0.227. The molecule has 2 aliphatic heterocycles. The van der Waals surface area contributed by atoms with Crippen molar-refractivity contribution in [3.63, 3.8) is 0 Å². The first kappa shape index (κ1) is 18.7. The van der Waals surface area contributed by atoms with Gasteiger partial charge in [-0.3, -0.25) is 9.59 Å². The minimum atomic E-state index is -3.71. The quantitative estimate of drug-likeness (QED) is 0.718. The van der Waals surface area contributed by atoms with E-state index in [1.165, 1.54) is 18.2 Å². The minimum Gasteiger partial charge on any atom is -0.476 e. The van der Waals surface area contributed by atoms with Crippen LogP contribution in [0, 0.1) is 0 Å². The summed E-state index contributed by atoms with van der Waals surface area (Å²) in [6.07, 6.45) is 1.99. The van der Waals surface area contributed by atoms with Gasteiger partial charge in [-0.2, -0.15) is 0 Å². The normalized spacial score (nSPS) is 19.1. The zero-order valence-electron chi connectivity index (χ0n) is 14.9. The smallest absolute Gasteiger partial charge is 0.268 e. The summed E-state index contributed by atoms with van der Waals surface area (Å²) in [4.78, 5) is 25.3. The lowest BCUT2D eigenvalue weighted by Crippen LogP contribution is -2.45. The van der Waals surface area contributed by atoms with Crippen LogP contribution < -0.4 is 14.8 Å². The lowest BCUT2D eigenvalue weighted by atomic mass is 10.1. The van der Waals surface area contributed by atoms with Crippen molar-refractivity contribution in [2.45, 2.75) is 43.6 Å². The number of sulfonamides is 1. The molecule has 1 aromatic carbocycles. The average Bonchev–Trinajstić information content (AvgIpc) is 2.97. The molecule has 2 amide bonds. The molecule has 0 saturated carbocycles. The Morgan fingerprint density at radius 1 is 1.31 bits per heavy atom. The minimum absolute atomic E-state index is 0.0529. The van der Waals surface area contributed by atoms with Crippen molar-refractivity contribution in [2.75, 3.05) is 25.0 Å². The Morgan fingerprint density at radius 2 is 2.08 bits per heavy atom. The maximum atomic E-state index is 12.4. The molecular formula is C17H23N3O5S. The third-order valence-electron chi connectivity index (χ3n) is 4.49. The summed E-state index contributed by atoms with van der Waals surface area (Å²) in [6, 6.07) is 4.36. The molecule has 0 unspecified atom stereocenters. The molecule has 0 radical (unpaired) electrons. The maximum absolute atomic E-state index is 12.4. The molecule has 2 heterocycles. The van der Waals surface area contributed by atoms with Crippen LogP contribution in [0.5, 0.6) is 5.75 Å². The van der Waals surface area contributed by atoms with Gasteiger partial charge in [0.1, 0.15) is 5.75 Å². The van der Waals surface area contributed by atoms with Gasteiger partial charge in [-0.25, -0.2) is 13.1 Å². The van der Waals surface area contributed by atoms with Crippen LogP contribution in [0.15, 0.2) is 23.1 Å². The summed E-state index contributed by atoms with van der Waals surface area (Å²) in [5.41, 5.74) is -0.668. The summed E-state index contributed by atoms with van der Waals surface area (Å²) < 4.78 is 33.0. The third-order valence-corrected chi connectivity index (χ3v) is 5.95. The highest BCUT2D eigenvalue weighted by Crippen LogP contribution is 2.35. The number of anilines is 1. The Labute approximate surface area is 152 Å². The van der Waals surface area contributed by atoms with Gasteiger partial charge in [0.05, 0.1) is 10.6 Å². The number of rotatable bonds is 6. The zero-order chi connectivity index (χ0) is 18.9. The van der Waals surface area contributed by atoms with E-state index in [4.69, 9.17) is 4.74 Å². The molecule has 0 aliphatic carbocycles. The van der Waals surface area contributed by atoms with Gasteiger partial charge < -0.3 is 15.0 Å². The predicted octanol–water partition coefficient (Wildman–Crippen LogP) is 1.09. The highest BCUT2D eigenvalue weighted by atomic mass is 32.2. The molecule has 2 N–H and O–H groups in total. The Kier molecular flexibility index (Phi) is 4.94. The zero-order valence-corrected chi connectivity index (χ0v) is 15.7. The summed E-state index contributed by atoms with van der Waals surface area (Å²) in [7, 11) is -3.71. The molecule has 0 atom stereocenters. The second kappa shape index (κ2) is 6.88. The third kappa shape index (κ3) is 3.83. The number of ether oxygens (including phenoxy) is 1. The number of hydrogen-bond donors (Lipinski definition) is 2. The van der Waals surface area contributed by atoms with Gasteiger partial charge in [-0.15, -0.1) is 0 Å². The van der Waals surface area contributed by atoms with Crippen LogP contribution in [-0.2, 0) is 19.6 Å². The van der Waals surface area contributed by atoms with Crippen LogP contribution in [0.4, 0.5) is 5.69 Å². The first-order chi connectivity index (χ1) is 12.2. The van der Waals surface area contributed by atoms with E-state index in [1.807, 2.05) is 0 Å². The van der Waals surface area contributed by atoms with Crippen molar-refractivity contribution in [3.05, 3.63) is 18.2 Å². The van der Waals surface area contributed by atoms with E-state index >= 15 is 0 Å². The van der Waals surface area contributed by atoms with Crippen molar-refractivity contribution in [1.82, 2.24) is 9.62 Å². The summed E-state index contributed by atoms with van der Waals surface area (Å²) in [5, 5.41) is 2.67. The van der Waals surface area contributed by atoms with Crippen LogP contribution in [0.3, 0.4) is 0 Å². The van der Waals surface area contributed by atoms with Crippen LogP contribution in [0.1, 0.15) is 33.1 Å². The van der Waals surface area contributed by atoms with Crippen molar-refractivity contribution < 1.29 is 22.7 Å². The lowest BCUT2D eigenvalue weighted by molar-refractivity contribution is -0.129. The van der Waals surface area contributed by atoms with Gasteiger partial charge in [0.2, 0.25) is 15.9 Å². The summed E-state index contributed by atoms with van der Waals surface area (Å²) >= 11 is 0.